The van der Waals surface area contributed by atoms with Crippen molar-refractivity contribution < 1.29 is 4.79 Å². The van der Waals surface area contributed by atoms with Gasteiger partial charge in [0, 0.05) is 22.3 Å². The van der Waals surface area contributed by atoms with Crippen LogP contribution in [0.2, 0.25) is 0 Å². The molecule has 1 aromatic rings. The summed E-state index contributed by atoms with van der Waals surface area (Å²) in [5, 5.41) is 2.86. The van der Waals surface area contributed by atoms with Gasteiger partial charge in [0.05, 0.1) is 5.75 Å². The summed E-state index contributed by atoms with van der Waals surface area (Å²) in [4.78, 5) is 13.9. The first-order chi connectivity index (χ1) is 9.06. The van der Waals surface area contributed by atoms with Crippen LogP contribution in [0.5, 0.6) is 0 Å². The van der Waals surface area contributed by atoms with Crippen LogP contribution in [-0.4, -0.2) is 34.0 Å². The van der Waals surface area contributed by atoms with Crippen LogP contribution in [-0.2, 0) is 4.79 Å². The highest BCUT2D eigenvalue weighted by molar-refractivity contribution is 14.1. The number of thiocarbonyl (C=S) groups is 1. The first kappa shape index (κ1) is 16.7. The molecule has 0 aliphatic heterocycles. The summed E-state index contributed by atoms with van der Waals surface area (Å²) in [5.41, 5.74) is 0.819. The zero-order valence-corrected chi connectivity index (χ0v) is 14.8. The summed E-state index contributed by atoms with van der Waals surface area (Å²) < 4.78 is 1.93. The van der Waals surface area contributed by atoms with Gasteiger partial charge < -0.3 is 10.2 Å². The van der Waals surface area contributed by atoms with Crippen LogP contribution in [0.1, 0.15) is 13.8 Å². The summed E-state index contributed by atoms with van der Waals surface area (Å²) in [5.74, 6) is 0.321. The molecular weight excluding hydrogens is 391 g/mol. The highest BCUT2D eigenvalue weighted by Gasteiger charge is 2.09. The van der Waals surface area contributed by atoms with Crippen molar-refractivity contribution in [2.75, 3.05) is 24.2 Å². The molecule has 19 heavy (non-hydrogen) atoms. The number of rotatable bonds is 5. The van der Waals surface area contributed by atoms with E-state index in [1.165, 1.54) is 11.8 Å². The normalized spacial score (nSPS) is 10.1. The molecule has 3 nitrogen and oxygen atoms in total. The molecule has 0 radical (unpaired) electrons. The molecule has 1 aromatic carbocycles. The fourth-order valence-electron chi connectivity index (χ4n) is 1.43. The molecule has 0 atom stereocenters. The number of hydrogen-bond donors (Lipinski definition) is 1. The van der Waals surface area contributed by atoms with Crippen LogP contribution in [0.3, 0.4) is 0 Å². The van der Waals surface area contributed by atoms with Gasteiger partial charge in [0.25, 0.3) is 0 Å². The predicted octanol–water partition coefficient (Wildman–Crippen LogP) is 3.59. The Balaban J connectivity index is 2.39. The topological polar surface area (TPSA) is 32.3 Å². The summed E-state index contributed by atoms with van der Waals surface area (Å²) >= 11 is 8.92. The molecule has 0 aliphatic carbocycles. The zero-order valence-electron chi connectivity index (χ0n) is 11.0. The Kier molecular flexibility index (Phi) is 7.70. The molecule has 0 fully saturated rings. The molecule has 1 amide bonds. The minimum Gasteiger partial charge on any atom is -0.358 e. The Morgan fingerprint density at radius 3 is 2.42 bits per heavy atom. The number of thioether (sulfide) groups is 1. The third-order valence-electron chi connectivity index (χ3n) is 2.48. The molecule has 0 unspecified atom stereocenters. The van der Waals surface area contributed by atoms with Crippen LogP contribution in [0.4, 0.5) is 5.69 Å². The minimum atomic E-state index is -0.0271. The van der Waals surface area contributed by atoms with Gasteiger partial charge >= 0.3 is 0 Å². The van der Waals surface area contributed by atoms with E-state index in [1.807, 2.05) is 24.3 Å². The lowest BCUT2D eigenvalue weighted by Gasteiger charge is -2.20. The Morgan fingerprint density at radius 1 is 1.32 bits per heavy atom. The summed E-state index contributed by atoms with van der Waals surface area (Å²) in [6, 6.07) is 7.72. The van der Waals surface area contributed by atoms with Gasteiger partial charge in [-0.3, -0.25) is 4.79 Å². The average molecular weight is 408 g/mol. The number of amides is 1. The van der Waals surface area contributed by atoms with Crippen molar-refractivity contribution in [2.24, 2.45) is 0 Å². The first-order valence-electron chi connectivity index (χ1n) is 6.04. The van der Waals surface area contributed by atoms with Gasteiger partial charge in [0.1, 0.15) is 4.32 Å². The number of nitrogens with one attached hydrogen (secondary N) is 1. The number of nitrogens with zero attached hydrogens (tertiary/aromatic N) is 1. The second-order valence-electron chi connectivity index (χ2n) is 3.78. The van der Waals surface area contributed by atoms with Gasteiger partial charge in [-0.15, -0.1) is 0 Å². The largest absolute Gasteiger partial charge is 0.358 e. The van der Waals surface area contributed by atoms with Gasteiger partial charge in [-0.05, 0) is 60.7 Å². The van der Waals surface area contributed by atoms with Crippen molar-refractivity contribution >= 4 is 62.5 Å². The van der Waals surface area contributed by atoms with Crippen molar-refractivity contribution in [3.05, 3.63) is 27.8 Å². The lowest BCUT2D eigenvalue weighted by molar-refractivity contribution is -0.113. The van der Waals surface area contributed by atoms with E-state index in [2.05, 4.69) is 46.7 Å². The fourth-order valence-corrected chi connectivity index (χ4v) is 2.99. The van der Waals surface area contributed by atoms with Gasteiger partial charge in [-0.1, -0.05) is 24.0 Å². The number of anilines is 1. The molecule has 0 bridgehead atoms. The van der Waals surface area contributed by atoms with Crippen molar-refractivity contribution in [3.8, 4) is 0 Å². The number of benzene rings is 1. The Morgan fingerprint density at radius 2 is 1.89 bits per heavy atom. The van der Waals surface area contributed by atoms with E-state index < -0.39 is 0 Å². The number of hydrogen-bond acceptors (Lipinski definition) is 3. The van der Waals surface area contributed by atoms with Gasteiger partial charge in [0.15, 0.2) is 0 Å². The van der Waals surface area contributed by atoms with Crippen LogP contribution in [0.25, 0.3) is 0 Å². The fraction of sp³-hybridized carbons (Fsp3) is 0.385. The maximum Gasteiger partial charge on any atom is 0.234 e. The van der Waals surface area contributed by atoms with Gasteiger partial charge in [0.2, 0.25) is 5.91 Å². The Bertz CT molecular complexity index is 433. The van der Waals surface area contributed by atoms with Crippen molar-refractivity contribution in [1.29, 1.82) is 0 Å². The summed E-state index contributed by atoms with van der Waals surface area (Å²) in [7, 11) is 0. The smallest absolute Gasteiger partial charge is 0.234 e. The van der Waals surface area contributed by atoms with E-state index in [1.54, 1.807) is 0 Å². The second-order valence-corrected chi connectivity index (χ2v) is 6.64. The lowest BCUT2D eigenvalue weighted by Crippen LogP contribution is -2.28. The standard InChI is InChI=1S/C13H17IN2OS2/c1-3-16(4-2)13(18)19-9-12(17)15-11-7-5-10(14)6-8-11/h5-8H,3-4,9H2,1-2H3,(H,15,17). The minimum absolute atomic E-state index is 0.0271. The maximum atomic E-state index is 11.8. The van der Waals surface area contributed by atoms with E-state index >= 15 is 0 Å². The molecular formula is C13H17IN2OS2. The van der Waals surface area contributed by atoms with Crippen LogP contribution in [0.15, 0.2) is 24.3 Å². The average Bonchev–Trinajstić information content (AvgIpc) is 2.40. The molecule has 0 aromatic heterocycles. The Hall–Kier alpha value is -0.340. The maximum absolute atomic E-state index is 11.8. The molecule has 0 saturated heterocycles. The van der Waals surface area contributed by atoms with Crippen LogP contribution >= 0.6 is 46.6 Å². The van der Waals surface area contributed by atoms with E-state index in [4.69, 9.17) is 12.2 Å². The van der Waals surface area contributed by atoms with E-state index in [0.717, 1.165) is 26.7 Å². The van der Waals surface area contributed by atoms with E-state index in [9.17, 15) is 4.79 Å². The van der Waals surface area contributed by atoms with E-state index in [0.29, 0.717) is 5.75 Å². The molecule has 0 saturated carbocycles. The van der Waals surface area contributed by atoms with Crippen LogP contribution < -0.4 is 5.32 Å². The monoisotopic (exact) mass is 408 g/mol. The molecule has 1 rings (SSSR count). The first-order valence-corrected chi connectivity index (χ1v) is 8.51. The second kappa shape index (κ2) is 8.76. The predicted molar refractivity (Wildman–Crippen MR) is 95.8 cm³/mol. The number of carbonyl (C=O) groups excluding carboxylic acids is 1. The molecule has 0 aliphatic rings. The van der Waals surface area contributed by atoms with Crippen molar-refractivity contribution in [3.63, 3.8) is 0 Å². The lowest BCUT2D eigenvalue weighted by atomic mass is 10.3. The number of halogens is 1. The van der Waals surface area contributed by atoms with Gasteiger partial charge in [-0.2, -0.15) is 0 Å². The summed E-state index contributed by atoms with van der Waals surface area (Å²) in [6.45, 7) is 5.87. The summed E-state index contributed by atoms with van der Waals surface area (Å²) in [6.07, 6.45) is 0. The van der Waals surface area contributed by atoms with Crippen molar-refractivity contribution in [2.45, 2.75) is 13.8 Å². The zero-order chi connectivity index (χ0) is 14.3. The third kappa shape index (κ3) is 6.09. The molecule has 0 spiro atoms. The van der Waals surface area contributed by atoms with E-state index in [-0.39, 0.29) is 5.91 Å². The van der Waals surface area contributed by atoms with Crippen molar-refractivity contribution in [1.82, 2.24) is 4.90 Å². The Labute approximate surface area is 137 Å². The quantitative estimate of drug-likeness (QED) is 0.596. The van der Waals surface area contributed by atoms with Crippen LogP contribution in [0, 0.1) is 3.57 Å². The molecule has 6 heteroatoms. The molecule has 104 valence electrons. The highest BCUT2D eigenvalue weighted by atomic mass is 127. The number of carbonyl (C=O) groups is 1. The highest BCUT2D eigenvalue weighted by Crippen LogP contribution is 2.13. The molecule has 1 N–H and O–H groups in total. The van der Waals surface area contributed by atoms with Gasteiger partial charge in [-0.25, -0.2) is 0 Å². The third-order valence-corrected chi connectivity index (χ3v) is 4.72. The molecule has 0 heterocycles. The SMILES string of the molecule is CCN(CC)C(=S)SCC(=O)Nc1ccc(I)cc1.